The maximum Gasteiger partial charge on any atom is 0.161 e. The number of aryl methyl sites for hydroxylation is 4. The Hall–Kier alpha value is -1.35. The number of hydrogen-bond donors (Lipinski definition) is 0. The van der Waals surface area contributed by atoms with Crippen molar-refractivity contribution in [2.75, 3.05) is 0 Å². The number of hydrogen-bond acceptors (Lipinski definition) is 1. The second kappa shape index (κ2) is 4.66. The smallest absolute Gasteiger partial charge is 0.161 e. The SMILES string of the molecule is Cc1cc(C)c(-n2cc[n+](C)n2)c(C)c1.[Cl-]. The zero-order valence-electron chi connectivity index (χ0n) is 10.0. The zero-order chi connectivity index (χ0) is 11.0. The molecule has 2 aromatic rings. The van der Waals surface area contributed by atoms with Crippen LogP contribution in [0.2, 0.25) is 0 Å². The second-order valence-corrected chi connectivity index (χ2v) is 4.05. The van der Waals surface area contributed by atoms with E-state index in [0.717, 1.165) is 0 Å². The number of halogens is 1. The summed E-state index contributed by atoms with van der Waals surface area (Å²) in [4.78, 5) is 0. The first kappa shape index (κ1) is 12.7. The molecular formula is C12H16ClN3. The van der Waals surface area contributed by atoms with Gasteiger partial charge in [0.05, 0.1) is 5.21 Å². The summed E-state index contributed by atoms with van der Waals surface area (Å²) in [6.45, 7) is 6.36. The molecule has 0 unspecified atom stereocenters. The van der Waals surface area contributed by atoms with Crippen LogP contribution in [0.3, 0.4) is 0 Å². The summed E-state index contributed by atoms with van der Waals surface area (Å²) in [5.41, 5.74) is 5.00. The molecule has 16 heavy (non-hydrogen) atoms. The summed E-state index contributed by atoms with van der Waals surface area (Å²) in [5.74, 6) is 0. The van der Waals surface area contributed by atoms with E-state index in [1.54, 1.807) is 4.68 Å². The lowest BCUT2D eigenvalue weighted by molar-refractivity contribution is -0.731. The van der Waals surface area contributed by atoms with Gasteiger partial charge in [0.25, 0.3) is 0 Å². The number of benzene rings is 1. The van der Waals surface area contributed by atoms with Gasteiger partial charge in [-0.25, -0.2) is 0 Å². The van der Waals surface area contributed by atoms with Crippen LogP contribution in [0.5, 0.6) is 0 Å². The standard InChI is InChI=1S/C12H16N3.ClH/c1-9-7-10(2)12(11(3)8-9)15-6-5-14(4)13-15;/h5-8H,1-4H3;1H/q+1;/p-1. The molecule has 0 aliphatic carbocycles. The van der Waals surface area contributed by atoms with Crippen LogP contribution in [0, 0.1) is 20.8 Å². The Kier molecular flexibility index (Phi) is 3.70. The fraction of sp³-hybridized carbons (Fsp3) is 0.333. The van der Waals surface area contributed by atoms with E-state index < -0.39 is 0 Å². The van der Waals surface area contributed by atoms with Gasteiger partial charge in [-0.2, -0.15) is 0 Å². The molecule has 0 saturated carbocycles. The Labute approximate surface area is 102 Å². The van der Waals surface area contributed by atoms with E-state index in [9.17, 15) is 0 Å². The van der Waals surface area contributed by atoms with Gasteiger partial charge < -0.3 is 12.4 Å². The summed E-state index contributed by atoms with van der Waals surface area (Å²) in [7, 11) is 1.93. The Bertz CT molecular complexity index is 480. The molecular weight excluding hydrogens is 222 g/mol. The van der Waals surface area contributed by atoms with Crippen molar-refractivity contribution in [3.05, 3.63) is 41.2 Å². The lowest BCUT2D eigenvalue weighted by atomic mass is 10.1. The van der Waals surface area contributed by atoms with Crippen LogP contribution in [0.15, 0.2) is 24.5 Å². The van der Waals surface area contributed by atoms with Gasteiger partial charge in [0, 0.05) is 0 Å². The van der Waals surface area contributed by atoms with Gasteiger partial charge in [0.2, 0.25) is 0 Å². The highest BCUT2D eigenvalue weighted by Crippen LogP contribution is 2.19. The maximum atomic E-state index is 4.37. The topological polar surface area (TPSA) is 21.7 Å². The van der Waals surface area contributed by atoms with E-state index in [1.807, 2.05) is 24.1 Å². The predicted molar refractivity (Wildman–Crippen MR) is 59.0 cm³/mol. The summed E-state index contributed by atoms with van der Waals surface area (Å²) < 4.78 is 3.73. The van der Waals surface area contributed by atoms with Crippen molar-refractivity contribution in [3.8, 4) is 5.69 Å². The van der Waals surface area contributed by atoms with Crippen molar-refractivity contribution in [3.63, 3.8) is 0 Å². The molecule has 2 rings (SSSR count). The van der Waals surface area contributed by atoms with E-state index in [-0.39, 0.29) is 12.4 Å². The third-order valence-electron chi connectivity index (χ3n) is 2.53. The monoisotopic (exact) mass is 237 g/mol. The van der Waals surface area contributed by atoms with Crippen molar-refractivity contribution in [2.24, 2.45) is 7.05 Å². The molecule has 0 spiro atoms. The summed E-state index contributed by atoms with van der Waals surface area (Å²) >= 11 is 0. The number of rotatable bonds is 1. The molecule has 0 fully saturated rings. The van der Waals surface area contributed by atoms with Crippen LogP contribution in [0.1, 0.15) is 16.7 Å². The van der Waals surface area contributed by atoms with Crippen molar-refractivity contribution >= 4 is 0 Å². The second-order valence-electron chi connectivity index (χ2n) is 4.05. The van der Waals surface area contributed by atoms with Gasteiger partial charge in [-0.3, -0.25) is 0 Å². The van der Waals surface area contributed by atoms with Crippen LogP contribution >= 0.6 is 0 Å². The molecule has 0 radical (unpaired) electrons. The Morgan fingerprint density at radius 2 is 1.69 bits per heavy atom. The van der Waals surface area contributed by atoms with Crippen LogP contribution in [0.4, 0.5) is 0 Å². The lowest BCUT2D eigenvalue weighted by Crippen LogP contribution is -3.00. The largest absolute Gasteiger partial charge is 1.00 e. The van der Waals surface area contributed by atoms with Crippen molar-refractivity contribution < 1.29 is 17.1 Å². The average Bonchev–Trinajstić information content (AvgIpc) is 2.49. The average molecular weight is 238 g/mol. The van der Waals surface area contributed by atoms with Gasteiger partial charge in [-0.05, 0) is 31.9 Å². The molecule has 0 aliphatic rings. The van der Waals surface area contributed by atoms with E-state index in [0.29, 0.717) is 0 Å². The predicted octanol–water partition coefficient (Wildman–Crippen LogP) is -1.37. The van der Waals surface area contributed by atoms with Crippen LogP contribution in [-0.4, -0.2) is 9.90 Å². The molecule has 0 bridgehead atoms. The lowest BCUT2D eigenvalue weighted by Gasteiger charge is -2.05. The van der Waals surface area contributed by atoms with Crippen LogP contribution in [0.25, 0.3) is 5.69 Å². The highest BCUT2D eigenvalue weighted by molar-refractivity contribution is 5.48. The third-order valence-corrected chi connectivity index (χ3v) is 2.53. The van der Waals surface area contributed by atoms with Crippen molar-refractivity contribution in [1.29, 1.82) is 0 Å². The van der Waals surface area contributed by atoms with E-state index in [4.69, 9.17) is 0 Å². The minimum atomic E-state index is 0. The van der Waals surface area contributed by atoms with Gasteiger partial charge in [0.15, 0.2) is 18.1 Å². The molecule has 0 atom stereocenters. The molecule has 1 aromatic heterocycles. The summed E-state index contributed by atoms with van der Waals surface area (Å²) in [6, 6.07) is 4.37. The normalized spacial score (nSPS) is 10.0. The molecule has 3 nitrogen and oxygen atoms in total. The van der Waals surface area contributed by atoms with Gasteiger partial charge in [-0.15, -0.1) is 9.36 Å². The van der Waals surface area contributed by atoms with Gasteiger partial charge >= 0.3 is 0 Å². The van der Waals surface area contributed by atoms with E-state index in [1.165, 1.54) is 22.4 Å². The molecule has 86 valence electrons. The fourth-order valence-corrected chi connectivity index (χ4v) is 2.02. The fourth-order valence-electron chi connectivity index (χ4n) is 2.02. The first-order valence-electron chi connectivity index (χ1n) is 5.08. The zero-order valence-corrected chi connectivity index (χ0v) is 10.8. The van der Waals surface area contributed by atoms with Crippen molar-refractivity contribution in [1.82, 2.24) is 9.90 Å². The molecule has 1 heterocycles. The molecule has 0 aliphatic heterocycles. The molecule has 1 aromatic carbocycles. The van der Waals surface area contributed by atoms with Crippen LogP contribution < -0.4 is 17.1 Å². The minimum absolute atomic E-state index is 0. The third kappa shape index (κ3) is 2.25. The molecule has 4 heteroatoms. The molecule has 0 saturated heterocycles. The maximum absolute atomic E-state index is 4.37. The van der Waals surface area contributed by atoms with Gasteiger partial charge in [0.1, 0.15) is 7.05 Å². The van der Waals surface area contributed by atoms with E-state index in [2.05, 4.69) is 38.1 Å². The first-order chi connectivity index (χ1) is 7.08. The number of aromatic nitrogens is 3. The number of nitrogens with zero attached hydrogens (tertiary/aromatic N) is 3. The minimum Gasteiger partial charge on any atom is -1.00 e. The van der Waals surface area contributed by atoms with Crippen molar-refractivity contribution in [2.45, 2.75) is 20.8 Å². The molecule has 0 amide bonds. The Morgan fingerprint density at radius 3 is 2.12 bits per heavy atom. The summed E-state index contributed by atoms with van der Waals surface area (Å²) in [6.07, 6.45) is 3.92. The Balaban J connectivity index is 0.00000128. The van der Waals surface area contributed by atoms with Crippen LogP contribution in [-0.2, 0) is 7.05 Å². The summed E-state index contributed by atoms with van der Waals surface area (Å²) in [5, 5.41) is 4.37. The molecule has 0 N–H and O–H groups in total. The highest BCUT2D eigenvalue weighted by Gasteiger charge is 2.12. The van der Waals surface area contributed by atoms with E-state index >= 15 is 0 Å². The Morgan fingerprint density at radius 1 is 1.12 bits per heavy atom. The quantitative estimate of drug-likeness (QED) is 0.561. The first-order valence-corrected chi connectivity index (χ1v) is 5.08. The van der Waals surface area contributed by atoms with Gasteiger partial charge in [-0.1, -0.05) is 17.7 Å². The highest BCUT2D eigenvalue weighted by atomic mass is 35.5.